The highest BCUT2D eigenvalue weighted by molar-refractivity contribution is 5.87. The van der Waals surface area contributed by atoms with E-state index in [9.17, 15) is 15.0 Å². The summed E-state index contributed by atoms with van der Waals surface area (Å²) in [6.07, 6.45) is 7.53. The molecule has 1 aliphatic carbocycles. The molecule has 2 aromatic rings. The van der Waals surface area contributed by atoms with Crippen LogP contribution >= 0.6 is 0 Å². The molecule has 0 aliphatic heterocycles. The Morgan fingerprint density at radius 1 is 0.974 bits per heavy atom. The molecule has 208 valence electrons. The average Bonchev–Trinajstić information content (AvgIpc) is 2.95. The third-order valence-corrected chi connectivity index (χ3v) is 7.84. The van der Waals surface area contributed by atoms with Gasteiger partial charge in [0.1, 0.15) is 0 Å². The van der Waals surface area contributed by atoms with E-state index in [0.29, 0.717) is 5.92 Å². The van der Waals surface area contributed by atoms with Crippen LogP contribution in [0.3, 0.4) is 0 Å². The van der Waals surface area contributed by atoms with Gasteiger partial charge in [-0.3, -0.25) is 0 Å². The lowest BCUT2D eigenvalue weighted by Crippen LogP contribution is -2.32. The first-order chi connectivity index (χ1) is 18.4. The second-order valence-corrected chi connectivity index (χ2v) is 10.6. The Kier molecular flexibility index (Phi) is 12.0. The Morgan fingerprint density at radius 2 is 1.68 bits per heavy atom. The molecule has 0 amide bonds. The molecule has 2 unspecified atom stereocenters. The first-order valence-corrected chi connectivity index (χ1v) is 13.9. The number of hydrogen-bond donors (Lipinski definition) is 3. The molecule has 0 saturated heterocycles. The van der Waals surface area contributed by atoms with Crippen molar-refractivity contribution in [3.8, 4) is 0 Å². The van der Waals surface area contributed by atoms with Gasteiger partial charge >= 0.3 is 5.97 Å². The largest absolute Gasteiger partial charge is 0.462 e. The van der Waals surface area contributed by atoms with Crippen molar-refractivity contribution in [2.75, 3.05) is 26.4 Å². The molecule has 0 radical (unpaired) electrons. The Balaban J connectivity index is 1.62. The number of aryl methyl sites for hydroxylation is 1. The summed E-state index contributed by atoms with van der Waals surface area (Å²) >= 11 is 0. The smallest absolute Gasteiger partial charge is 0.335 e. The Labute approximate surface area is 227 Å². The normalized spacial score (nSPS) is 19.2. The second-order valence-electron chi connectivity index (χ2n) is 10.6. The van der Waals surface area contributed by atoms with Crippen molar-refractivity contribution in [3.05, 3.63) is 71.8 Å². The SMILES string of the molecule is C=C(CO)C(=O)OCC(COC(O)C(=C)CO)C1CCC(c2ccc3cc(CCCCC)ccc3c2)CC1. The number of esters is 1. The van der Waals surface area contributed by atoms with Crippen LogP contribution in [0.4, 0.5) is 0 Å². The highest BCUT2D eigenvalue weighted by Crippen LogP contribution is 2.40. The minimum absolute atomic E-state index is 0.00598. The number of aliphatic hydroxyl groups excluding tert-OH is 3. The van der Waals surface area contributed by atoms with E-state index in [4.69, 9.17) is 14.6 Å². The lowest BCUT2D eigenvalue weighted by molar-refractivity contribution is -0.145. The standard InChI is InChI=1S/C32H44O6/c1-4-5-6-7-24-8-9-29-17-28(15-14-27(29)16-24)25-10-12-26(13-11-25)30(20-37-31(35)22(2)18-33)21-38-32(36)23(3)19-34/h8-9,14-17,25-26,30-31,33-35H,2-7,10-13,18-21H2,1H3. The average molecular weight is 525 g/mol. The Morgan fingerprint density at radius 3 is 2.37 bits per heavy atom. The fourth-order valence-corrected chi connectivity index (χ4v) is 5.31. The molecule has 1 fully saturated rings. The summed E-state index contributed by atoms with van der Waals surface area (Å²) in [5.41, 5.74) is 2.96. The molecule has 1 aliphatic rings. The molecule has 6 heteroatoms. The van der Waals surface area contributed by atoms with E-state index in [0.717, 1.165) is 32.1 Å². The van der Waals surface area contributed by atoms with Crippen LogP contribution in [0.1, 0.15) is 68.9 Å². The van der Waals surface area contributed by atoms with Crippen LogP contribution in [0.25, 0.3) is 10.8 Å². The number of unbranched alkanes of at least 4 members (excludes halogenated alkanes) is 2. The van der Waals surface area contributed by atoms with Gasteiger partial charge in [-0.05, 0) is 72.3 Å². The molecule has 0 bridgehead atoms. The maximum atomic E-state index is 12.1. The van der Waals surface area contributed by atoms with Gasteiger partial charge in [-0.2, -0.15) is 0 Å². The molecule has 2 aromatic carbocycles. The number of fused-ring (bicyclic) bond motifs is 1. The first-order valence-electron chi connectivity index (χ1n) is 13.9. The molecule has 0 aromatic heterocycles. The lowest BCUT2D eigenvalue weighted by Gasteiger charge is -2.34. The molecule has 0 spiro atoms. The molecule has 0 heterocycles. The van der Waals surface area contributed by atoms with Crippen molar-refractivity contribution >= 4 is 16.7 Å². The summed E-state index contributed by atoms with van der Waals surface area (Å²) in [6.45, 7) is 8.83. The van der Waals surface area contributed by atoms with E-state index < -0.39 is 18.9 Å². The van der Waals surface area contributed by atoms with Gasteiger partial charge in [0.05, 0.1) is 32.0 Å². The van der Waals surface area contributed by atoms with Gasteiger partial charge in [0.2, 0.25) is 0 Å². The van der Waals surface area contributed by atoms with Gasteiger partial charge in [0.15, 0.2) is 6.29 Å². The van der Waals surface area contributed by atoms with E-state index in [1.807, 2.05) is 0 Å². The first kappa shape index (κ1) is 30.0. The number of ether oxygens (including phenoxy) is 2. The number of aliphatic hydroxyl groups is 3. The molecule has 3 rings (SSSR count). The van der Waals surface area contributed by atoms with Crippen LogP contribution in [-0.2, 0) is 20.7 Å². The zero-order valence-electron chi connectivity index (χ0n) is 22.7. The van der Waals surface area contributed by atoms with Crippen molar-refractivity contribution in [1.82, 2.24) is 0 Å². The minimum Gasteiger partial charge on any atom is -0.462 e. The second kappa shape index (κ2) is 15.2. The summed E-state index contributed by atoms with van der Waals surface area (Å²) in [5, 5.41) is 31.0. The zero-order valence-corrected chi connectivity index (χ0v) is 22.7. The third kappa shape index (κ3) is 8.50. The maximum absolute atomic E-state index is 12.1. The van der Waals surface area contributed by atoms with Gasteiger partial charge in [-0.1, -0.05) is 69.3 Å². The summed E-state index contributed by atoms with van der Waals surface area (Å²) in [5.74, 6) is -0.0356. The fraction of sp³-hybridized carbons (Fsp3) is 0.531. The van der Waals surface area contributed by atoms with Crippen molar-refractivity contribution in [2.45, 2.75) is 70.5 Å². The van der Waals surface area contributed by atoms with Crippen LogP contribution in [0.2, 0.25) is 0 Å². The van der Waals surface area contributed by atoms with Gasteiger partial charge in [-0.15, -0.1) is 0 Å². The van der Waals surface area contributed by atoms with Crippen molar-refractivity contribution in [2.24, 2.45) is 11.8 Å². The summed E-state index contributed by atoms with van der Waals surface area (Å²) < 4.78 is 11.0. The van der Waals surface area contributed by atoms with Crippen LogP contribution in [-0.4, -0.2) is 54.0 Å². The summed E-state index contributed by atoms with van der Waals surface area (Å²) in [4.78, 5) is 12.1. The number of carbonyl (C=O) groups is 1. The van der Waals surface area contributed by atoms with E-state index >= 15 is 0 Å². The quantitative estimate of drug-likeness (QED) is 0.0944. The highest BCUT2D eigenvalue weighted by Gasteiger charge is 2.30. The summed E-state index contributed by atoms with van der Waals surface area (Å²) in [7, 11) is 0. The third-order valence-electron chi connectivity index (χ3n) is 7.84. The summed E-state index contributed by atoms with van der Waals surface area (Å²) in [6, 6.07) is 13.7. The zero-order chi connectivity index (χ0) is 27.5. The molecule has 6 nitrogen and oxygen atoms in total. The Bertz CT molecular complexity index is 1070. The Hall–Kier alpha value is -2.51. The number of rotatable bonds is 15. The molecule has 1 saturated carbocycles. The highest BCUT2D eigenvalue weighted by atomic mass is 16.6. The molecule has 38 heavy (non-hydrogen) atoms. The topological polar surface area (TPSA) is 96.2 Å². The van der Waals surface area contributed by atoms with Gasteiger partial charge in [0, 0.05) is 11.5 Å². The minimum atomic E-state index is -1.27. The van der Waals surface area contributed by atoms with Crippen LogP contribution in [0.15, 0.2) is 60.7 Å². The van der Waals surface area contributed by atoms with E-state index in [-0.39, 0.29) is 42.8 Å². The van der Waals surface area contributed by atoms with E-state index in [2.05, 4.69) is 56.5 Å². The molecular formula is C32H44O6. The maximum Gasteiger partial charge on any atom is 0.335 e. The van der Waals surface area contributed by atoms with E-state index in [1.54, 1.807) is 0 Å². The van der Waals surface area contributed by atoms with Gasteiger partial charge in [0.25, 0.3) is 0 Å². The number of hydrogen-bond acceptors (Lipinski definition) is 6. The van der Waals surface area contributed by atoms with Crippen LogP contribution in [0.5, 0.6) is 0 Å². The predicted octanol–water partition coefficient (Wildman–Crippen LogP) is 5.44. The van der Waals surface area contributed by atoms with Crippen LogP contribution < -0.4 is 0 Å². The number of benzene rings is 2. The van der Waals surface area contributed by atoms with Gasteiger partial charge < -0.3 is 24.8 Å². The predicted molar refractivity (Wildman–Crippen MR) is 151 cm³/mol. The van der Waals surface area contributed by atoms with Gasteiger partial charge in [-0.25, -0.2) is 4.79 Å². The lowest BCUT2D eigenvalue weighted by atomic mass is 9.74. The molecular weight excluding hydrogens is 480 g/mol. The molecule has 2 atom stereocenters. The molecule has 3 N–H and O–H groups in total. The van der Waals surface area contributed by atoms with Crippen molar-refractivity contribution in [3.63, 3.8) is 0 Å². The van der Waals surface area contributed by atoms with Crippen LogP contribution in [0, 0.1) is 11.8 Å². The monoisotopic (exact) mass is 524 g/mol. The van der Waals surface area contributed by atoms with E-state index in [1.165, 1.54) is 41.2 Å². The fourth-order valence-electron chi connectivity index (χ4n) is 5.31. The number of carbonyl (C=O) groups excluding carboxylic acids is 1. The van der Waals surface area contributed by atoms with Crippen molar-refractivity contribution in [1.29, 1.82) is 0 Å². The van der Waals surface area contributed by atoms with Crippen molar-refractivity contribution < 1.29 is 29.6 Å².